The highest BCUT2D eigenvalue weighted by molar-refractivity contribution is 8.19. The van der Waals surface area contributed by atoms with Crippen molar-refractivity contribution in [2.24, 2.45) is 0 Å². The monoisotopic (exact) mass is 355 g/mol. The number of rotatable bonds is 0. The van der Waals surface area contributed by atoms with Crippen LogP contribution in [0.25, 0.3) is 0 Å². The van der Waals surface area contributed by atoms with Gasteiger partial charge in [-0.15, -0.1) is 36.7 Å². The molecule has 1 unspecified atom stereocenters. The molecule has 0 aromatic carbocycles. The number of likely N-dealkylation sites (tertiary alicyclic amines) is 1. The number of piperidine rings is 1. The van der Waals surface area contributed by atoms with E-state index in [0.29, 0.717) is 15.0 Å². The zero-order valence-corrected chi connectivity index (χ0v) is 17.2. The summed E-state index contributed by atoms with van der Waals surface area (Å²) >= 11 is 4.46. The molecule has 0 aromatic heterocycles. The molecule has 0 saturated carbocycles. The molecule has 4 aliphatic rings. The predicted octanol–water partition coefficient (Wildman–Crippen LogP) is 3.53. The van der Waals surface area contributed by atoms with Gasteiger partial charge >= 0.3 is 0 Å². The summed E-state index contributed by atoms with van der Waals surface area (Å²) in [5.74, 6) is 0. The highest BCUT2D eigenvalue weighted by atomic mass is 32.2. The van der Waals surface area contributed by atoms with Crippen LogP contribution in [0.4, 0.5) is 0 Å². The van der Waals surface area contributed by atoms with Crippen LogP contribution in [0.5, 0.6) is 0 Å². The lowest BCUT2D eigenvalue weighted by molar-refractivity contribution is 0.0597. The molecule has 132 valence electrons. The maximum Gasteiger partial charge on any atom is 0.172 e. The van der Waals surface area contributed by atoms with Crippen molar-refractivity contribution in [3.63, 3.8) is 0 Å². The normalized spacial score (nSPS) is 38.1. The summed E-state index contributed by atoms with van der Waals surface area (Å²) in [4.78, 5) is 8.26. The van der Waals surface area contributed by atoms with Gasteiger partial charge in [-0.25, -0.2) is 0 Å². The van der Waals surface area contributed by atoms with Gasteiger partial charge in [-0.05, 0) is 60.7 Å². The van der Waals surface area contributed by atoms with Crippen molar-refractivity contribution in [3.8, 4) is 0 Å². The zero-order valence-electron chi connectivity index (χ0n) is 15.5. The highest BCUT2D eigenvalue weighted by Gasteiger charge is 2.70. The summed E-state index contributed by atoms with van der Waals surface area (Å²) < 4.78 is 0.990. The molecule has 0 N–H and O–H groups in total. The maximum atomic E-state index is 3.00. The van der Waals surface area contributed by atoms with E-state index in [1.54, 1.807) is 0 Å². The smallest absolute Gasteiger partial charge is 0.172 e. The number of fused-ring (bicyclic) bond motifs is 1. The van der Waals surface area contributed by atoms with Crippen molar-refractivity contribution < 1.29 is 0 Å². The van der Waals surface area contributed by atoms with Crippen molar-refractivity contribution in [2.45, 2.75) is 59.9 Å². The van der Waals surface area contributed by atoms with E-state index < -0.39 is 0 Å². The molecule has 23 heavy (non-hydrogen) atoms. The van der Waals surface area contributed by atoms with Crippen molar-refractivity contribution in [3.05, 3.63) is 13.2 Å². The third-order valence-electron chi connectivity index (χ3n) is 5.65. The molecule has 4 fully saturated rings. The summed E-state index contributed by atoms with van der Waals surface area (Å²) in [6.07, 6.45) is 2.69. The highest BCUT2D eigenvalue weighted by Crippen LogP contribution is 2.68. The third kappa shape index (κ3) is 2.80. The second kappa shape index (κ2) is 5.66. The van der Waals surface area contributed by atoms with Crippen molar-refractivity contribution in [1.29, 1.82) is 0 Å². The number of hydrogen-bond acceptors (Lipinski definition) is 5. The number of thioether (sulfide) groups is 2. The Labute approximate surface area is 151 Å². The summed E-state index contributed by atoms with van der Waals surface area (Å²) in [6.45, 7) is 22.1. The molecule has 5 heteroatoms. The molecule has 0 aromatic rings. The van der Waals surface area contributed by atoms with Crippen LogP contribution in [0, 0.1) is 0 Å². The Hall–Kier alpha value is 0.320. The average Bonchev–Trinajstić information content (AvgIpc) is 2.94. The standard InChI is InChI=1S/C16H29N3S2.C2H4/c1-13(2)10-18-12-15(6-8-17(5)9-7-15)19-11-14(3,4)21-16(18,19)20-13;1-2/h6-12H2,1-5H3;1-2H2. The first-order chi connectivity index (χ1) is 10.7. The van der Waals surface area contributed by atoms with Gasteiger partial charge in [-0.3, -0.25) is 9.80 Å². The van der Waals surface area contributed by atoms with E-state index in [9.17, 15) is 0 Å². The van der Waals surface area contributed by atoms with E-state index in [2.05, 4.69) is 86.1 Å². The third-order valence-corrected chi connectivity index (χ3v) is 9.00. The predicted molar refractivity (Wildman–Crippen MR) is 105 cm³/mol. The van der Waals surface area contributed by atoms with Gasteiger partial charge < -0.3 is 4.90 Å². The van der Waals surface area contributed by atoms with E-state index in [1.807, 2.05) is 0 Å². The minimum atomic E-state index is 0.225. The topological polar surface area (TPSA) is 9.72 Å². The minimum absolute atomic E-state index is 0.225. The zero-order chi connectivity index (χ0) is 17.1. The fourth-order valence-electron chi connectivity index (χ4n) is 4.78. The second-order valence-electron chi connectivity index (χ2n) is 8.74. The van der Waals surface area contributed by atoms with Gasteiger partial charge in [-0.1, -0.05) is 0 Å². The Kier molecular flexibility index (Phi) is 4.46. The molecule has 2 spiro atoms. The summed E-state index contributed by atoms with van der Waals surface area (Å²) in [5.41, 5.74) is 0.441. The van der Waals surface area contributed by atoms with Gasteiger partial charge in [0.25, 0.3) is 0 Å². The Morgan fingerprint density at radius 1 is 0.826 bits per heavy atom. The Bertz CT molecular complexity index is 467. The van der Waals surface area contributed by atoms with E-state index in [-0.39, 0.29) is 4.33 Å². The molecule has 4 rings (SSSR count). The maximum absolute atomic E-state index is 3.00. The van der Waals surface area contributed by atoms with Crippen molar-refractivity contribution in [1.82, 2.24) is 14.7 Å². The van der Waals surface area contributed by atoms with Gasteiger partial charge in [0.15, 0.2) is 4.33 Å². The van der Waals surface area contributed by atoms with Crippen LogP contribution >= 0.6 is 23.5 Å². The molecule has 0 aliphatic carbocycles. The van der Waals surface area contributed by atoms with E-state index in [0.717, 1.165) is 0 Å². The Balaban J connectivity index is 0.000000753. The number of hydrogen-bond donors (Lipinski definition) is 0. The molecule has 0 radical (unpaired) electrons. The van der Waals surface area contributed by atoms with Gasteiger partial charge in [0.05, 0.1) is 0 Å². The van der Waals surface area contributed by atoms with Crippen molar-refractivity contribution in [2.75, 3.05) is 39.8 Å². The molecular formula is C18H33N3S2. The summed E-state index contributed by atoms with van der Waals surface area (Å²) in [6, 6.07) is 0. The van der Waals surface area contributed by atoms with Gasteiger partial charge in [0.2, 0.25) is 0 Å². The first-order valence-corrected chi connectivity index (χ1v) is 10.4. The molecule has 4 heterocycles. The quantitative estimate of drug-likeness (QED) is 0.613. The van der Waals surface area contributed by atoms with Crippen LogP contribution in [-0.2, 0) is 0 Å². The van der Waals surface area contributed by atoms with Gasteiger partial charge in [-0.2, -0.15) is 0 Å². The lowest BCUT2D eigenvalue weighted by Crippen LogP contribution is -2.56. The van der Waals surface area contributed by atoms with Crippen LogP contribution in [0.15, 0.2) is 13.2 Å². The molecular weight excluding hydrogens is 322 g/mol. The van der Waals surface area contributed by atoms with Crippen LogP contribution in [0.3, 0.4) is 0 Å². The molecule has 3 nitrogen and oxygen atoms in total. The lowest BCUT2D eigenvalue weighted by Gasteiger charge is -2.45. The minimum Gasteiger partial charge on any atom is -0.306 e. The SMILES string of the molecule is C=C.CN1CCC2(CC1)CN1CC(C)(C)SC13SC(C)(C)CN23. The van der Waals surface area contributed by atoms with Gasteiger partial charge in [0.1, 0.15) is 0 Å². The molecule has 4 saturated heterocycles. The summed E-state index contributed by atoms with van der Waals surface area (Å²) in [5, 5.41) is 0. The van der Waals surface area contributed by atoms with Crippen LogP contribution < -0.4 is 0 Å². The van der Waals surface area contributed by atoms with E-state index >= 15 is 0 Å². The van der Waals surface area contributed by atoms with Crippen LogP contribution in [0.2, 0.25) is 0 Å². The lowest BCUT2D eigenvalue weighted by atomic mass is 9.86. The number of nitrogens with zero attached hydrogens (tertiary/aromatic N) is 3. The first kappa shape index (κ1) is 18.1. The van der Waals surface area contributed by atoms with Crippen LogP contribution in [0.1, 0.15) is 40.5 Å². The second-order valence-corrected chi connectivity index (χ2v) is 12.8. The Morgan fingerprint density at radius 2 is 1.35 bits per heavy atom. The first-order valence-electron chi connectivity index (χ1n) is 8.78. The Morgan fingerprint density at radius 3 is 1.91 bits per heavy atom. The average molecular weight is 356 g/mol. The van der Waals surface area contributed by atoms with E-state index in [1.165, 1.54) is 45.6 Å². The fraction of sp³-hybridized carbons (Fsp3) is 0.889. The van der Waals surface area contributed by atoms with E-state index in [4.69, 9.17) is 0 Å². The molecule has 4 aliphatic heterocycles. The molecule has 0 bridgehead atoms. The van der Waals surface area contributed by atoms with Crippen molar-refractivity contribution >= 4 is 23.5 Å². The molecule has 0 amide bonds. The fourth-order valence-corrected chi connectivity index (χ4v) is 9.41. The van der Waals surface area contributed by atoms with Gasteiger partial charge in [0, 0.05) is 34.7 Å². The largest absolute Gasteiger partial charge is 0.306 e. The van der Waals surface area contributed by atoms with Crippen LogP contribution in [-0.4, -0.2) is 73.8 Å². The summed E-state index contributed by atoms with van der Waals surface area (Å²) in [7, 11) is 2.28. The molecule has 1 atom stereocenters.